The van der Waals surface area contributed by atoms with E-state index in [1.165, 1.54) is 16.9 Å². The summed E-state index contributed by atoms with van der Waals surface area (Å²) in [5.74, 6) is -0.0687. The fourth-order valence-corrected chi connectivity index (χ4v) is 5.45. The maximum absolute atomic E-state index is 13.6. The zero-order valence-electron chi connectivity index (χ0n) is 17.4. The van der Waals surface area contributed by atoms with Gasteiger partial charge in [-0.1, -0.05) is 0 Å². The lowest BCUT2D eigenvalue weighted by atomic mass is 9.86. The molecule has 6 heterocycles. The molecule has 0 spiro atoms. The van der Waals surface area contributed by atoms with Gasteiger partial charge in [-0.3, -0.25) is 4.79 Å². The molecule has 164 valence electrons. The first-order chi connectivity index (χ1) is 15.5. The Bertz CT molecular complexity index is 1350. The lowest BCUT2D eigenvalue weighted by molar-refractivity contribution is 0.0548. The van der Waals surface area contributed by atoms with E-state index in [-0.39, 0.29) is 35.4 Å². The molecule has 2 saturated heterocycles. The van der Waals surface area contributed by atoms with Crippen molar-refractivity contribution in [3.05, 3.63) is 53.9 Å². The third kappa shape index (κ3) is 2.81. The highest BCUT2D eigenvalue weighted by atomic mass is 19.3. The number of amides is 1. The molecule has 2 fully saturated rings. The minimum Gasteiger partial charge on any atom is -0.349 e. The monoisotopic (exact) mass is 437 g/mol. The van der Waals surface area contributed by atoms with Crippen LogP contribution < -0.4 is 0 Å². The first-order valence-corrected chi connectivity index (χ1v) is 10.7. The number of halogens is 2. The summed E-state index contributed by atoms with van der Waals surface area (Å²) in [7, 11) is 1.94. The summed E-state index contributed by atoms with van der Waals surface area (Å²) < 4.78 is 30.5. The van der Waals surface area contributed by atoms with Crippen molar-refractivity contribution in [3.8, 4) is 0 Å². The maximum atomic E-state index is 13.6. The predicted octanol–water partition coefficient (Wildman–Crippen LogP) is 3.50. The highest BCUT2D eigenvalue weighted by Gasteiger charge is 2.46. The summed E-state index contributed by atoms with van der Waals surface area (Å²) in [4.78, 5) is 28.0. The highest BCUT2D eigenvalue weighted by molar-refractivity contribution is 5.95. The van der Waals surface area contributed by atoms with Crippen molar-refractivity contribution in [1.29, 1.82) is 0 Å². The molecule has 0 unspecified atom stereocenters. The number of alkyl halides is 2. The van der Waals surface area contributed by atoms with Gasteiger partial charge in [0.05, 0.1) is 16.7 Å². The lowest BCUT2D eigenvalue weighted by Gasteiger charge is -2.40. The van der Waals surface area contributed by atoms with Gasteiger partial charge in [-0.2, -0.15) is 10.1 Å². The average molecular weight is 437 g/mol. The van der Waals surface area contributed by atoms with Crippen LogP contribution in [0.25, 0.3) is 16.8 Å². The Morgan fingerprint density at radius 2 is 1.97 bits per heavy atom. The fraction of sp³-hybridized carbons (Fsp3) is 0.409. The van der Waals surface area contributed by atoms with E-state index in [2.05, 4.69) is 20.1 Å². The van der Waals surface area contributed by atoms with Gasteiger partial charge < -0.3 is 9.47 Å². The maximum Gasteiger partial charge on any atom is 0.280 e. The molecule has 3 atom stereocenters. The largest absolute Gasteiger partial charge is 0.349 e. The van der Waals surface area contributed by atoms with E-state index < -0.39 is 6.43 Å². The number of hydrogen-bond donors (Lipinski definition) is 0. The number of piperidine rings is 1. The van der Waals surface area contributed by atoms with Gasteiger partial charge in [-0.15, -0.1) is 0 Å². The SMILES string of the molecule is Cn1ccc2nc(C(=O)N3[C@H]4CC[C@H](c5cc(C(F)F)nc6ncnn56)[C@@H]3CC4)ccc21. The quantitative estimate of drug-likeness (QED) is 0.490. The van der Waals surface area contributed by atoms with Crippen LogP contribution in [0.5, 0.6) is 0 Å². The molecule has 2 aliphatic rings. The second kappa shape index (κ2) is 7.04. The van der Waals surface area contributed by atoms with E-state index >= 15 is 0 Å². The minimum atomic E-state index is -2.70. The van der Waals surface area contributed by atoms with Gasteiger partial charge in [0.2, 0.25) is 0 Å². The molecular formula is C22H21F2N7O. The molecule has 4 aromatic heterocycles. The standard InChI is InChI=1S/C22H21F2N7O/c1-29-9-8-14-18(29)7-5-15(27-14)21(32)30-12-2-4-13(17(30)6-3-12)19-10-16(20(23)24)28-22-25-11-26-31(19)22/h5,7-13,17,20H,2-4,6H2,1H3/t12-,13-,17-/m0/s1. The van der Waals surface area contributed by atoms with Gasteiger partial charge in [0.25, 0.3) is 18.1 Å². The summed E-state index contributed by atoms with van der Waals surface area (Å²) in [6.07, 6.45) is 3.86. The Kier molecular flexibility index (Phi) is 4.24. The molecule has 10 heteroatoms. The predicted molar refractivity (Wildman–Crippen MR) is 111 cm³/mol. The number of rotatable bonds is 3. The molecule has 0 radical (unpaired) electrons. The Morgan fingerprint density at radius 3 is 2.81 bits per heavy atom. The Balaban J connectivity index is 1.39. The van der Waals surface area contributed by atoms with Crippen molar-refractivity contribution in [3.63, 3.8) is 0 Å². The minimum absolute atomic E-state index is 0.102. The fourth-order valence-electron chi connectivity index (χ4n) is 5.45. The van der Waals surface area contributed by atoms with Crippen LogP contribution in [-0.2, 0) is 7.05 Å². The molecule has 0 N–H and O–H groups in total. The van der Waals surface area contributed by atoms with E-state index in [0.717, 1.165) is 36.7 Å². The molecule has 0 aliphatic carbocycles. The van der Waals surface area contributed by atoms with Crippen molar-refractivity contribution in [2.75, 3.05) is 0 Å². The van der Waals surface area contributed by atoms with Crippen molar-refractivity contribution in [2.24, 2.45) is 7.05 Å². The van der Waals surface area contributed by atoms with Gasteiger partial charge in [0, 0.05) is 31.2 Å². The van der Waals surface area contributed by atoms with Crippen LogP contribution in [-0.4, -0.2) is 52.0 Å². The lowest BCUT2D eigenvalue weighted by Crippen LogP contribution is -2.48. The Hall–Kier alpha value is -3.43. The molecule has 0 aromatic carbocycles. The van der Waals surface area contributed by atoms with Gasteiger partial charge in [0.1, 0.15) is 17.7 Å². The molecule has 6 rings (SSSR count). The van der Waals surface area contributed by atoms with Crippen LogP contribution in [0.2, 0.25) is 0 Å². The van der Waals surface area contributed by atoms with Crippen LogP contribution in [0.3, 0.4) is 0 Å². The second-order valence-corrected chi connectivity index (χ2v) is 8.60. The number of hydrogen-bond acceptors (Lipinski definition) is 5. The number of aromatic nitrogens is 6. The summed E-state index contributed by atoms with van der Waals surface area (Å²) in [5, 5.41) is 4.22. The molecule has 2 aliphatic heterocycles. The molecule has 4 aromatic rings. The van der Waals surface area contributed by atoms with Crippen molar-refractivity contribution >= 4 is 22.7 Å². The molecular weight excluding hydrogens is 416 g/mol. The second-order valence-electron chi connectivity index (χ2n) is 8.60. The smallest absolute Gasteiger partial charge is 0.280 e. The summed E-state index contributed by atoms with van der Waals surface area (Å²) in [6, 6.07) is 7.03. The van der Waals surface area contributed by atoms with Crippen LogP contribution in [0, 0.1) is 0 Å². The average Bonchev–Trinajstić information content (AvgIpc) is 3.49. The van der Waals surface area contributed by atoms with Crippen molar-refractivity contribution in [2.45, 2.75) is 50.1 Å². The van der Waals surface area contributed by atoms with E-state index in [1.807, 2.05) is 34.8 Å². The van der Waals surface area contributed by atoms with E-state index in [0.29, 0.717) is 11.4 Å². The van der Waals surface area contributed by atoms with Crippen LogP contribution in [0.4, 0.5) is 8.78 Å². The van der Waals surface area contributed by atoms with Crippen LogP contribution >= 0.6 is 0 Å². The summed E-state index contributed by atoms with van der Waals surface area (Å²) >= 11 is 0. The first-order valence-electron chi connectivity index (χ1n) is 10.7. The number of aryl methyl sites for hydroxylation is 1. The van der Waals surface area contributed by atoms with E-state index in [9.17, 15) is 13.6 Å². The number of carbonyl (C=O) groups is 1. The van der Waals surface area contributed by atoms with Crippen molar-refractivity contribution < 1.29 is 13.6 Å². The van der Waals surface area contributed by atoms with E-state index in [1.54, 1.807) is 6.07 Å². The molecule has 8 nitrogen and oxygen atoms in total. The van der Waals surface area contributed by atoms with Gasteiger partial charge in [0.15, 0.2) is 0 Å². The number of nitrogens with zero attached hydrogens (tertiary/aromatic N) is 7. The molecule has 32 heavy (non-hydrogen) atoms. The molecule has 0 saturated carbocycles. The third-order valence-electron chi connectivity index (χ3n) is 6.92. The zero-order chi connectivity index (χ0) is 22.0. The Labute approximate surface area is 181 Å². The Morgan fingerprint density at radius 1 is 1.12 bits per heavy atom. The number of fused-ring (bicyclic) bond motifs is 4. The van der Waals surface area contributed by atoms with Gasteiger partial charge in [-0.25, -0.2) is 23.3 Å². The molecule has 1 amide bonds. The number of pyridine rings is 1. The highest BCUT2D eigenvalue weighted by Crippen LogP contribution is 2.45. The zero-order valence-corrected chi connectivity index (χ0v) is 17.4. The summed E-state index contributed by atoms with van der Waals surface area (Å²) in [6.45, 7) is 0. The topological polar surface area (TPSA) is 81.2 Å². The van der Waals surface area contributed by atoms with E-state index in [4.69, 9.17) is 0 Å². The molecule has 2 bridgehead atoms. The third-order valence-corrected chi connectivity index (χ3v) is 6.92. The van der Waals surface area contributed by atoms with Gasteiger partial charge in [-0.05, 0) is 49.9 Å². The van der Waals surface area contributed by atoms with Crippen LogP contribution in [0.15, 0.2) is 36.8 Å². The summed E-state index contributed by atoms with van der Waals surface area (Å²) in [5.41, 5.74) is 2.48. The van der Waals surface area contributed by atoms with Crippen LogP contribution in [0.1, 0.15) is 59.9 Å². The number of carbonyl (C=O) groups excluding carboxylic acids is 1. The van der Waals surface area contributed by atoms with Crippen molar-refractivity contribution in [1.82, 2.24) is 34.0 Å². The normalized spacial score (nSPS) is 23.0. The van der Waals surface area contributed by atoms with Gasteiger partial charge >= 0.3 is 0 Å². The first kappa shape index (κ1) is 19.3.